The molecule has 2 aromatic rings. The molecule has 0 radical (unpaired) electrons. The van der Waals surface area contributed by atoms with Gasteiger partial charge in [-0.15, -0.1) is 12.4 Å². The second kappa shape index (κ2) is 7.41. The molecule has 0 aliphatic carbocycles. The average molecular weight is 352 g/mol. The Morgan fingerprint density at radius 1 is 1.42 bits per heavy atom. The normalized spacial score (nSPS) is 13.7. The monoisotopic (exact) mass is 351 g/mol. The molecule has 1 aromatic carbocycles. The van der Waals surface area contributed by atoms with Crippen LogP contribution in [0.4, 0.5) is 5.69 Å². The summed E-state index contributed by atoms with van der Waals surface area (Å²) in [6.45, 7) is 2.46. The topological polar surface area (TPSA) is 102 Å². The first-order valence-corrected chi connectivity index (χ1v) is 7.32. The van der Waals surface area contributed by atoms with Crippen LogP contribution in [0.3, 0.4) is 0 Å². The summed E-state index contributed by atoms with van der Waals surface area (Å²) in [5.74, 6) is 0.289. The minimum Gasteiger partial charge on any atom is -0.352 e. The molecule has 0 saturated carbocycles. The van der Waals surface area contributed by atoms with E-state index in [9.17, 15) is 14.9 Å². The molecule has 24 heavy (non-hydrogen) atoms. The number of nitrogens with one attached hydrogen (secondary N) is 2. The van der Waals surface area contributed by atoms with Crippen molar-refractivity contribution < 1.29 is 9.72 Å². The van der Waals surface area contributed by atoms with Crippen LogP contribution >= 0.6 is 12.4 Å². The Morgan fingerprint density at radius 2 is 2.08 bits per heavy atom. The highest BCUT2D eigenvalue weighted by Gasteiger charge is 2.21. The number of nitro groups is 1. The lowest BCUT2D eigenvalue weighted by Crippen LogP contribution is -2.48. The molecule has 1 amide bonds. The van der Waals surface area contributed by atoms with E-state index >= 15 is 0 Å². The fourth-order valence-corrected chi connectivity index (χ4v) is 2.43. The van der Waals surface area contributed by atoms with Crippen molar-refractivity contribution in [3.8, 4) is 11.3 Å². The molecule has 1 fully saturated rings. The molecule has 3 rings (SSSR count). The Morgan fingerprint density at radius 3 is 2.62 bits per heavy atom. The van der Waals surface area contributed by atoms with Gasteiger partial charge in [0, 0.05) is 56.5 Å². The van der Waals surface area contributed by atoms with Gasteiger partial charge in [0.25, 0.3) is 11.6 Å². The maximum absolute atomic E-state index is 12.4. The molecule has 1 aromatic heterocycles. The van der Waals surface area contributed by atoms with E-state index in [4.69, 9.17) is 0 Å². The van der Waals surface area contributed by atoms with Gasteiger partial charge in [0.1, 0.15) is 5.69 Å². The zero-order chi connectivity index (χ0) is 16.4. The van der Waals surface area contributed by atoms with Crippen molar-refractivity contribution in [1.29, 1.82) is 0 Å². The highest BCUT2D eigenvalue weighted by atomic mass is 35.5. The van der Waals surface area contributed by atoms with Crippen molar-refractivity contribution in [3.63, 3.8) is 0 Å². The molecule has 0 spiro atoms. The van der Waals surface area contributed by atoms with Crippen molar-refractivity contribution in [2.24, 2.45) is 13.0 Å². The summed E-state index contributed by atoms with van der Waals surface area (Å²) in [6, 6.07) is 6.03. The largest absolute Gasteiger partial charge is 0.352 e. The number of nitro benzene ring substituents is 1. The van der Waals surface area contributed by atoms with Gasteiger partial charge < -0.3 is 10.6 Å². The van der Waals surface area contributed by atoms with E-state index < -0.39 is 4.92 Å². The quantitative estimate of drug-likeness (QED) is 0.625. The Kier molecular flexibility index (Phi) is 5.53. The molecule has 9 heteroatoms. The van der Waals surface area contributed by atoms with Gasteiger partial charge in [0.2, 0.25) is 0 Å². The maximum atomic E-state index is 12.4. The number of halogens is 1. The lowest BCUT2D eigenvalue weighted by Gasteiger charge is -2.27. The van der Waals surface area contributed by atoms with E-state index in [1.807, 2.05) is 0 Å². The zero-order valence-corrected chi connectivity index (χ0v) is 13.9. The Balaban J connectivity index is 0.00000208. The van der Waals surface area contributed by atoms with Crippen LogP contribution in [0.1, 0.15) is 10.4 Å². The van der Waals surface area contributed by atoms with Crippen LogP contribution in [0.15, 0.2) is 30.5 Å². The number of amides is 1. The number of aromatic nitrogens is 2. The molecule has 0 unspecified atom stereocenters. The summed E-state index contributed by atoms with van der Waals surface area (Å²) in [6.07, 6.45) is 1.66. The number of carbonyl (C=O) groups excluding carboxylic acids is 1. The minimum atomic E-state index is -0.456. The summed E-state index contributed by atoms with van der Waals surface area (Å²) >= 11 is 0. The predicted octanol–water partition coefficient (Wildman–Crippen LogP) is 1.37. The van der Waals surface area contributed by atoms with Crippen molar-refractivity contribution in [1.82, 2.24) is 20.4 Å². The lowest BCUT2D eigenvalue weighted by atomic mass is 10.0. The zero-order valence-electron chi connectivity index (χ0n) is 13.1. The van der Waals surface area contributed by atoms with Crippen LogP contribution in [-0.2, 0) is 7.05 Å². The van der Waals surface area contributed by atoms with Crippen LogP contribution < -0.4 is 10.6 Å². The summed E-state index contributed by atoms with van der Waals surface area (Å²) in [5, 5.41) is 21.1. The first kappa shape index (κ1) is 17.9. The van der Waals surface area contributed by atoms with Crippen LogP contribution in [0, 0.1) is 16.0 Å². The minimum absolute atomic E-state index is 0. The molecule has 1 saturated heterocycles. The van der Waals surface area contributed by atoms with Crippen LogP contribution in [-0.4, -0.2) is 40.2 Å². The first-order chi connectivity index (χ1) is 11.0. The molecule has 8 nitrogen and oxygen atoms in total. The number of non-ortho nitro benzene ring substituents is 1. The van der Waals surface area contributed by atoms with Gasteiger partial charge in [-0.1, -0.05) is 0 Å². The van der Waals surface area contributed by atoms with E-state index in [0.717, 1.165) is 13.1 Å². The number of aryl methyl sites for hydroxylation is 1. The van der Waals surface area contributed by atoms with E-state index in [0.29, 0.717) is 29.3 Å². The number of nitrogens with zero attached hydrogens (tertiary/aromatic N) is 3. The Labute approximate surface area is 144 Å². The van der Waals surface area contributed by atoms with Crippen LogP contribution in [0.2, 0.25) is 0 Å². The molecule has 2 heterocycles. The lowest BCUT2D eigenvalue weighted by molar-refractivity contribution is -0.384. The number of carbonyl (C=O) groups is 1. The number of hydrogen-bond acceptors (Lipinski definition) is 5. The average Bonchev–Trinajstić information content (AvgIpc) is 2.87. The maximum Gasteiger partial charge on any atom is 0.269 e. The van der Waals surface area contributed by atoms with Crippen LogP contribution in [0.5, 0.6) is 0 Å². The Hall–Kier alpha value is -2.45. The molecule has 2 N–H and O–H groups in total. The van der Waals surface area contributed by atoms with E-state index in [1.54, 1.807) is 30.1 Å². The highest BCUT2D eigenvalue weighted by molar-refractivity contribution is 5.99. The van der Waals surface area contributed by atoms with Crippen molar-refractivity contribution in [3.05, 3.63) is 46.1 Å². The number of rotatable bonds is 5. The second-order valence-electron chi connectivity index (χ2n) is 5.60. The third kappa shape index (κ3) is 3.72. The summed E-state index contributed by atoms with van der Waals surface area (Å²) < 4.78 is 1.57. The second-order valence-corrected chi connectivity index (χ2v) is 5.60. The molecular weight excluding hydrogens is 334 g/mol. The highest BCUT2D eigenvalue weighted by Crippen LogP contribution is 2.24. The summed E-state index contributed by atoms with van der Waals surface area (Å²) in [7, 11) is 1.74. The van der Waals surface area contributed by atoms with Gasteiger partial charge in [-0.3, -0.25) is 19.6 Å². The summed E-state index contributed by atoms with van der Waals surface area (Å²) in [5.41, 5.74) is 1.67. The van der Waals surface area contributed by atoms with Crippen molar-refractivity contribution in [2.45, 2.75) is 0 Å². The number of hydrogen-bond donors (Lipinski definition) is 2. The van der Waals surface area contributed by atoms with Gasteiger partial charge in [0.15, 0.2) is 0 Å². The van der Waals surface area contributed by atoms with Crippen LogP contribution in [0.25, 0.3) is 11.3 Å². The third-order valence-corrected chi connectivity index (χ3v) is 3.84. The molecule has 1 aliphatic rings. The van der Waals surface area contributed by atoms with E-state index in [1.165, 1.54) is 12.1 Å². The molecule has 1 aliphatic heterocycles. The first-order valence-electron chi connectivity index (χ1n) is 7.32. The van der Waals surface area contributed by atoms with Crippen molar-refractivity contribution >= 4 is 24.0 Å². The third-order valence-electron chi connectivity index (χ3n) is 3.84. The van der Waals surface area contributed by atoms with Gasteiger partial charge in [0.05, 0.1) is 10.5 Å². The SMILES string of the molecule is Cl.Cn1cc(C(=O)NCC2CNC2)c(-c2ccc([N+](=O)[O-])cc2)n1. The predicted molar refractivity (Wildman–Crippen MR) is 91.2 cm³/mol. The standard InChI is InChI=1S/C15H17N5O3.ClH/c1-19-9-13(15(21)17-8-10-6-16-7-10)14(18-19)11-2-4-12(5-3-11)20(22)23;/h2-5,9-10,16H,6-8H2,1H3,(H,17,21);1H. The fourth-order valence-electron chi connectivity index (χ4n) is 2.43. The molecule has 0 atom stereocenters. The summed E-state index contributed by atoms with van der Waals surface area (Å²) in [4.78, 5) is 22.7. The van der Waals surface area contributed by atoms with Crippen molar-refractivity contribution in [2.75, 3.05) is 19.6 Å². The van der Waals surface area contributed by atoms with Gasteiger partial charge in [-0.25, -0.2) is 0 Å². The van der Waals surface area contributed by atoms with Gasteiger partial charge >= 0.3 is 0 Å². The fraction of sp³-hybridized carbons (Fsp3) is 0.333. The molecule has 128 valence electrons. The Bertz CT molecular complexity index is 740. The van der Waals surface area contributed by atoms with E-state index in [-0.39, 0.29) is 24.0 Å². The smallest absolute Gasteiger partial charge is 0.269 e. The van der Waals surface area contributed by atoms with Gasteiger partial charge in [-0.2, -0.15) is 5.10 Å². The van der Waals surface area contributed by atoms with E-state index in [2.05, 4.69) is 15.7 Å². The molecule has 0 bridgehead atoms. The molecular formula is C15H18ClN5O3. The van der Waals surface area contributed by atoms with Gasteiger partial charge in [-0.05, 0) is 12.1 Å². The number of benzene rings is 1.